The summed E-state index contributed by atoms with van der Waals surface area (Å²) in [4.78, 5) is 2.57. The summed E-state index contributed by atoms with van der Waals surface area (Å²) in [5.41, 5.74) is 2.46. The van der Waals surface area contributed by atoms with E-state index in [1.807, 2.05) is 12.1 Å². The van der Waals surface area contributed by atoms with Crippen molar-refractivity contribution in [2.45, 2.75) is 45.4 Å². The third-order valence-corrected chi connectivity index (χ3v) is 5.36. The zero-order valence-electron chi connectivity index (χ0n) is 13.7. The van der Waals surface area contributed by atoms with Crippen LogP contribution in [-0.4, -0.2) is 17.5 Å². The molecule has 0 spiro atoms. The number of piperidine rings is 1. The third kappa shape index (κ3) is 4.36. The van der Waals surface area contributed by atoms with Crippen LogP contribution >= 0.6 is 15.9 Å². The molecule has 0 aromatic heterocycles. The fourth-order valence-electron chi connectivity index (χ4n) is 3.16. The van der Waals surface area contributed by atoms with Crippen LogP contribution in [-0.2, 0) is 13.2 Å². The lowest BCUT2D eigenvalue weighted by molar-refractivity contribution is 0.150. The van der Waals surface area contributed by atoms with Crippen molar-refractivity contribution in [3.63, 3.8) is 0 Å². The molecule has 0 bridgehead atoms. The van der Waals surface area contributed by atoms with E-state index < -0.39 is 0 Å². The number of benzene rings is 2. The molecule has 2 aromatic rings. The normalized spacial score (nSPS) is 18.8. The van der Waals surface area contributed by atoms with Crippen LogP contribution in [0.15, 0.2) is 53.0 Å². The highest BCUT2D eigenvalue weighted by molar-refractivity contribution is 9.10. The quantitative estimate of drug-likeness (QED) is 0.695. The predicted molar refractivity (Wildman–Crippen MR) is 98.6 cm³/mol. The summed E-state index contributed by atoms with van der Waals surface area (Å²) < 4.78 is 7.26. The summed E-state index contributed by atoms with van der Waals surface area (Å²) in [6, 6.07) is 17.2. The number of halogens is 1. The Morgan fingerprint density at radius 1 is 1.09 bits per heavy atom. The van der Waals surface area contributed by atoms with Crippen LogP contribution in [0.3, 0.4) is 0 Å². The Hall–Kier alpha value is -1.32. The molecular weight excluding hydrogens is 350 g/mol. The molecule has 2 aromatic carbocycles. The molecule has 1 unspecified atom stereocenters. The Labute approximate surface area is 147 Å². The lowest BCUT2D eigenvalue weighted by atomic mass is 10.0. The summed E-state index contributed by atoms with van der Waals surface area (Å²) in [7, 11) is 0. The van der Waals surface area contributed by atoms with Crippen molar-refractivity contribution in [1.29, 1.82) is 0 Å². The van der Waals surface area contributed by atoms with Gasteiger partial charge in [-0.25, -0.2) is 0 Å². The Kier molecular flexibility index (Phi) is 5.74. The van der Waals surface area contributed by atoms with Gasteiger partial charge in [-0.2, -0.15) is 0 Å². The zero-order valence-corrected chi connectivity index (χ0v) is 15.3. The maximum absolute atomic E-state index is 6.12. The maximum atomic E-state index is 6.12. The van der Waals surface area contributed by atoms with E-state index in [0.29, 0.717) is 12.6 Å². The van der Waals surface area contributed by atoms with Gasteiger partial charge in [0.25, 0.3) is 0 Å². The van der Waals surface area contributed by atoms with Crippen LogP contribution in [0, 0.1) is 0 Å². The van der Waals surface area contributed by atoms with Gasteiger partial charge in [0.1, 0.15) is 12.4 Å². The maximum Gasteiger partial charge on any atom is 0.125 e. The molecule has 1 atom stereocenters. The van der Waals surface area contributed by atoms with Crippen LogP contribution in [0.5, 0.6) is 5.75 Å². The van der Waals surface area contributed by atoms with E-state index in [0.717, 1.165) is 16.8 Å². The van der Waals surface area contributed by atoms with E-state index in [1.165, 1.54) is 36.9 Å². The van der Waals surface area contributed by atoms with E-state index in [-0.39, 0.29) is 0 Å². The largest absolute Gasteiger partial charge is 0.489 e. The highest BCUT2D eigenvalue weighted by Crippen LogP contribution is 2.31. The molecule has 0 amide bonds. The first kappa shape index (κ1) is 16.5. The average Bonchev–Trinajstić information content (AvgIpc) is 2.58. The van der Waals surface area contributed by atoms with Crippen molar-refractivity contribution in [1.82, 2.24) is 4.90 Å². The van der Waals surface area contributed by atoms with Gasteiger partial charge in [-0.3, -0.25) is 4.90 Å². The Morgan fingerprint density at radius 3 is 2.70 bits per heavy atom. The molecule has 1 heterocycles. The molecule has 23 heavy (non-hydrogen) atoms. The summed E-state index contributed by atoms with van der Waals surface area (Å²) in [5, 5.41) is 0. The lowest BCUT2D eigenvalue weighted by Crippen LogP contribution is -2.36. The van der Waals surface area contributed by atoms with E-state index in [9.17, 15) is 0 Å². The molecule has 1 fully saturated rings. The van der Waals surface area contributed by atoms with Crippen molar-refractivity contribution < 1.29 is 4.74 Å². The first-order valence-electron chi connectivity index (χ1n) is 8.42. The van der Waals surface area contributed by atoms with Crippen LogP contribution < -0.4 is 4.74 Å². The molecule has 0 aliphatic carbocycles. The monoisotopic (exact) mass is 373 g/mol. The van der Waals surface area contributed by atoms with Gasteiger partial charge in [0, 0.05) is 22.6 Å². The van der Waals surface area contributed by atoms with Crippen LogP contribution in [0.4, 0.5) is 0 Å². The van der Waals surface area contributed by atoms with E-state index >= 15 is 0 Å². The molecule has 122 valence electrons. The minimum absolute atomic E-state index is 0.611. The van der Waals surface area contributed by atoms with Crippen LogP contribution in [0.2, 0.25) is 0 Å². The van der Waals surface area contributed by atoms with Crippen LogP contribution in [0.1, 0.15) is 37.3 Å². The lowest BCUT2D eigenvalue weighted by Gasteiger charge is -2.34. The van der Waals surface area contributed by atoms with E-state index in [4.69, 9.17) is 4.74 Å². The highest BCUT2D eigenvalue weighted by atomic mass is 79.9. The Balaban J connectivity index is 1.74. The number of rotatable bonds is 5. The molecule has 1 aliphatic rings. The third-order valence-electron chi connectivity index (χ3n) is 4.61. The second kappa shape index (κ2) is 7.98. The van der Waals surface area contributed by atoms with Gasteiger partial charge < -0.3 is 4.74 Å². The first-order chi connectivity index (χ1) is 11.2. The minimum Gasteiger partial charge on any atom is -0.489 e. The van der Waals surface area contributed by atoms with E-state index in [2.05, 4.69) is 64.2 Å². The zero-order chi connectivity index (χ0) is 16.1. The molecule has 0 saturated carbocycles. The number of ether oxygens (including phenoxy) is 1. The number of nitrogens with zero attached hydrogens (tertiary/aromatic N) is 1. The number of likely N-dealkylation sites (tertiary alicyclic amines) is 1. The second-order valence-corrected chi connectivity index (χ2v) is 7.16. The first-order valence-corrected chi connectivity index (χ1v) is 9.21. The summed E-state index contributed by atoms with van der Waals surface area (Å²) in [6.45, 7) is 5.08. The van der Waals surface area contributed by atoms with Crippen molar-refractivity contribution in [2.75, 3.05) is 6.54 Å². The number of hydrogen-bond acceptors (Lipinski definition) is 2. The summed E-state index contributed by atoms with van der Waals surface area (Å²) in [5.74, 6) is 0.987. The number of hydrogen-bond donors (Lipinski definition) is 0. The standard InChI is InChI=1S/C20H24BrNO/c1-16-8-5-6-13-22(16)14-18-19(21)11-7-12-20(18)23-15-17-9-3-2-4-10-17/h2-4,7,9-12,16H,5-6,8,13-15H2,1H3. The minimum atomic E-state index is 0.611. The molecule has 3 rings (SSSR count). The molecule has 1 aliphatic heterocycles. The molecular formula is C20H24BrNO. The fourth-order valence-corrected chi connectivity index (χ4v) is 3.63. The molecule has 2 nitrogen and oxygen atoms in total. The van der Waals surface area contributed by atoms with Gasteiger partial charge in [0.2, 0.25) is 0 Å². The average molecular weight is 374 g/mol. The smallest absolute Gasteiger partial charge is 0.125 e. The Morgan fingerprint density at radius 2 is 1.91 bits per heavy atom. The van der Waals surface area contributed by atoms with Crippen molar-refractivity contribution in [3.8, 4) is 5.75 Å². The summed E-state index contributed by atoms with van der Waals surface area (Å²) >= 11 is 3.71. The second-order valence-electron chi connectivity index (χ2n) is 6.31. The van der Waals surface area contributed by atoms with Gasteiger partial charge in [-0.1, -0.05) is 58.7 Å². The van der Waals surface area contributed by atoms with Gasteiger partial charge in [-0.15, -0.1) is 0 Å². The predicted octanol–water partition coefficient (Wildman–Crippen LogP) is 5.40. The van der Waals surface area contributed by atoms with Crippen molar-refractivity contribution in [3.05, 3.63) is 64.1 Å². The van der Waals surface area contributed by atoms with Gasteiger partial charge in [0.15, 0.2) is 0 Å². The SMILES string of the molecule is CC1CCCCN1Cc1c(Br)cccc1OCc1ccccc1. The highest BCUT2D eigenvalue weighted by Gasteiger charge is 2.20. The molecule has 3 heteroatoms. The fraction of sp³-hybridized carbons (Fsp3) is 0.400. The van der Waals surface area contributed by atoms with Gasteiger partial charge in [-0.05, 0) is 44.0 Å². The molecule has 0 radical (unpaired) electrons. The van der Waals surface area contributed by atoms with Crippen molar-refractivity contribution in [2.24, 2.45) is 0 Å². The topological polar surface area (TPSA) is 12.5 Å². The van der Waals surface area contributed by atoms with Gasteiger partial charge >= 0.3 is 0 Å². The Bertz CT molecular complexity index is 629. The molecule has 0 N–H and O–H groups in total. The van der Waals surface area contributed by atoms with E-state index in [1.54, 1.807) is 0 Å². The van der Waals surface area contributed by atoms with Crippen LogP contribution in [0.25, 0.3) is 0 Å². The summed E-state index contributed by atoms with van der Waals surface area (Å²) in [6.07, 6.45) is 3.95. The molecule has 1 saturated heterocycles. The van der Waals surface area contributed by atoms with Crippen molar-refractivity contribution >= 4 is 15.9 Å². The van der Waals surface area contributed by atoms with Gasteiger partial charge in [0.05, 0.1) is 0 Å².